The highest BCUT2D eigenvalue weighted by atomic mass is 32.2. The SMILES string of the molecule is Cc1nn([C@H]2CCS(=O)(=O)C2)c(C)c1N1CCN(C(=O)[C@@H](C)Oc2ccccc2)CC1. The van der Waals surface area contributed by atoms with Crippen molar-refractivity contribution in [2.75, 3.05) is 42.6 Å². The van der Waals surface area contributed by atoms with E-state index in [1.54, 1.807) is 6.92 Å². The molecule has 168 valence electrons. The Hall–Kier alpha value is -2.55. The maximum atomic E-state index is 12.8. The van der Waals surface area contributed by atoms with Crippen molar-refractivity contribution in [3.63, 3.8) is 0 Å². The second-order valence-electron chi connectivity index (χ2n) is 8.41. The summed E-state index contributed by atoms with van der Waals surface area (Å²) in [5.41, 5.74) is 2.97. The van der Waals surface area contributed by atoms with Gasteiger partial charge in [-0.05, 0) is 39.3 Å². The number of rotatable bonds is 5. The lowest BCUT2D eigenvalue weighted by Crippen LogP contribution is -2.52. The summed E-state index contributed by atoms with van der Waals surface area (Å²) in [7, 11) is -2.97. The molecule has 0 bridgehead atoms. The average molecular weight is 447 g/mol. The highest BCUT2D eigenvalue weighted by Crippen LogP contribution is 2.31. The van der Waals surface area contributed by atoms with E-state index in [4.69, 9.17) is 4.74 Å². The number of anilines is 1. The summed E-state index contributed by atoms with van der Waals surface area (Å²) in [6.07, 6.45) is 0.0789. The number of sulfone groups is 1. The summed E-state index contributed by atoms with van der Waals surface area (Å²) < 4.78 is 31.5. The molecule has 2 saturated heterocycles. The average Bonchev–Trinajstić information content (AvgIpc) is 3.26. The molecule has 0 spiro atoms. The topological polar surface area (TPSA) is 84.7 Å². The summed E-state index contributed by atoms with van der Waals surface area (Å²) in [6.45, 7) is 8.41. The van der Waals surface area contributed by atoms with Crippen LogP contribution in [0.25, 0.3) is 0 Å². The Balaban J connectivity index is 1.39. The Bertz CT molecular complexity index is 1040. The molecule has 8 nitrogen and oxygen atoms in total. The first-order valence-electron chi connectivity index (χ1n) is 10.8. The zero-order valence-electron chi connectivity index (χ0n) is 18.3. The lowest BCUT2D eigenvalue weighted by Gasteiger charge is -2.37. The van der Waals surface area contributed by atoms with Gasteiger partial charge in [-0.25, -0.2) is 8.42 Å². The molecule has 2 fully saturated rings. The minimum atomic E-state index is -2.97. The third-order valence-electron chi connectivity index (χ3n) is 6.15. The number of benzene rings is 1. The minimum Gasteiger partial charge on any atom is -0.481 e. The Labute approximate surface area is 183 Å². The molecule has 0 radical (unpaired) electrons. The lowest BCUT2D eigenvalue weighted by molar-refractivity contribution is -0.138. The molecule has 2 aromatic rings. The number of amides is 1. The molecule has 4 rings (SSSR count). The zero-order chi connectivity index (χ0) is 22.2. The molecule has 0 N–H and O–H groups in total. The van der Waals surface area contributed by atoms with Crippen LogP contribution in [-0.2, 0) is 14.6 Å². The van der Waals surface area contributed by atoms with Crippen LogP contribution in [0, 0.1) is 13.8 Å². The molecule has 2 aliphatic rings. The fourth-order valence-electron chi connectivity index (χ4n) is 4.60. The van der Waals surface area contributed by atoms with Crippen molar-refractivity contribution in [3.8, 4) is 5.75 Å². The van der Waals surface area contributed by atoms with Gasteiger partial charge in [-0.3, -0.25) is 9.48 Å². The third kappa shape index (κ3) is 4.56. The Morgan fingerprint density at radius 2 is 1.81 bits per heavy atom. The maximum Gasteiger partial charge on any atom is 0.263 e. The van der Waals surface area contributed by atoms with E-state index < -0.39 is 15.9 Å². The quantitative estimate of drug-likeness (QED) is 0.698. The Kier molecular flexibility index (Phi) is 5.96. The van der Waals surface area contributed by atoms with Crippen molar-refractivity contribution in [3.05, 3.63) is 41.7 Å². The summed E-state index contributed by atoms with van der Waals surface area (Å²) in [5, 5.41) is 4.67. The van der Waals surface area contributed by atoms with Crippen LogP contribution in [0.4, 0.5) is 5.69 Å². The predicted molar refractivity (Wildman–Crippen MR) is 119 cm³/mol. The van der Waals surface area contributed by atoms with Gasteiger partial charge < -0.3 is 14.5 Å². The molecule has 0 unspecified atom stereocenters. The number of carbonyl (C=O) groups excluding carboxylic acids is 1. The van der Waals surface area contributed by atoms with Gasteiger partial charge in [0.1, 0.15) is 5.75 Å². The van der Waals surface area contributed by atoms with Crippen LogP contribution >= 0.6 is 0 Å². The monoisotopic (exact) mass is 446 g/mol. The predicted octanol–water partition coefficient (Wildman–Crippen LogP) is 1.98. The van der Waals surface area contributed by atoms with E-state index in [-0.39, 0.29) is 23.5 Å². The first kappa shape index (κ1) is 21.7. The van der Waals surface area contributed by atoms with Crippen LogP contribution in [0.5, 0.6) is 5.75 Å². The van der Waals surface area contributed by atoms with Gasteiger partial charge in [-0.15, -0.1) is 0 Å². The molecule has 1 aromatic heterocycles. The van der Waals surface area contributed by atoms with Crippen molar-refractivity contribution >= 4 is 21.4 Å². The van der Waals surface area contributed by atoms with Gasteiger partial charge in [0.15, 0.2) is 15.9 Å². The van der Waals surface area contributed by atoms with Gasteiger partial charge in [0.25, 0.3) is 5.91 Å². The van der Waals surface area contributed by atoms with Crippen LogP contribution in [0.3, 0.4) is 0 Å². The van der Waals surface area contributed by atoms with Crippen molar-refractivity contribution < 1.29 is 17.9 Å². The summed E-state index contributed by atoms with van der Waals surface area (Å²) in [6, 6.07) is 9.29. The van der Waals surface area contributed by atoms with E-state index in [1.165, 1.54) is 0 Å². The second kappa shape index (κ2) is 8.53. The van der Waals surface area contributed by atoms with Gasteiger partial charge in [0.05, 0.1) is 34.6 Å². The van der Waals surface area contributed by atoms with Crippen molar-refractivity contribution in [1.29, 1.82) is 0 Å². The number of hydrogen-bond donors (Lipinski definition) is 0. The first-order valence-corrected chi connectivity index (χ1v) is 12.6. The molecule has 3 heterocycles. The molecule has 1 amide bonds. The van der Waals surface area contributed by atoms with E-state index >= 15 is 0 Å². The molecule has 0 aliphatic carbocycles. The second-order valence-corrected chi connectivity index (χ2v) is 10.6. The Morgan fingerprint density at radius 1 is 1.13 bits per heavy atom. The van der Waals surface area contributed by atoms with Crippen LogP contribution in [0.15, 0.2) is 30.3 Å². The Morgan fingerprint density at radius 3 is 2.42 bits per heavy atom. The van der Waals surface area contributed by atoms with Crippen molar-refractivity contribution in [2.24, 2.45) is 0 Å². The molecular formula is C22H30N4O4S. The first-order chi connectivity index (χ1) is 14.7. The molecule has 1 aromatic carbocycles. The molecular weight excluding hydrogens is 416 g/mol. The molecule has 0 saturated carbocycles. The smallest absolute Gasteiger partial charge is 0.263 e. The van der Waals surface area contributed by atoms with Gasteiger partial charge in [0, 0.05) is 26.2 Å². The lowest BCUT2D eigenvalue weighted by atomic mass is 10.2. The van der Waals surface area contributed by atoms with E-state index in [9.17, 15) is 13.2 Å². The molecule has 2 aliphatic heterocycles. The molecule has 2 atom stereocenters. The number of piperazine rings is 1. The van der Waals surface area contributed by atoms with Crippen LogP contribution < -0.4 is 9.64 Å². The number of aromatic nitrogens is 2. The number of para-hydroxylation sites is 1. The van der Waals surface area contributed by atoms with Gasteiger partial charge in [-0.1, -0.05) is 18.2 Å². The number of ether oxygens (including phenoxy) is 1. The highest BCUT2D eigenvalue weighted by Gasteiger charge is 2.33. The summed E-state index contributed by atoms with van der Waals surface area (Å²) in [5.74, 6) is 1.07. The number of aryl methyl sites for hydroxylation is 1. The zero-order valence-corrected chi connectivity index (χ0v) is 19.1. The van der Waals surface area contributed by atoms with Crippen LogP contribution in [-0.4, -0.2) is 72.8 Å². The molecule has 31 heavy (non-hydrogen) atoms. The number of nitrogens with zero attached hydrogens (tertiary/aromatic N) is 4. The van der Waals surface area contributed by atoms with Gasteiger partial charge >= 0.3 is 0 Å². The fourth-order valence-corrected chi connectivity index (χ4v) is 6.29. The third-order valence-corrected chi connectivity index (χ3v) is 7.90. The van der Waals surface area contributed by atoms with E-state index in [2.05, 4.69) is 10.00 Å². The normalized spacial score (nSPS) is 21.8. The van der Waals surface area contributed by atoms with E-state index in [1.807, 2.05) is 53.8 Å². The van der Waals surface area contributed by atoms with Crippen molar-refractivity contribution in [2.45, 2.75) is 39.3 Å². The largest absolute Gasteiger partial charge is 0.481 e. The number of carbonyl (C=O) groups is 1. The maximum absolute atomic E-state index is 12.8. The van der Waals surface area contributed by atoms with Gasteiger partial charge in [0.2, 0.25) is 0 Å². The van der Waals surface area contributed by atoms with Gasteiger partial charge in [-0.2, -0.15) is 5.10 Å². The fraction of sp³-hybridized carbons (Fsp3) is 0.545. The standard InChI is InChI=1S/C22H30N4O4S/c1-16-21(17(2)26(23-16)19-9-14-31(28,29)15-19)24-10-12-25(13-11-24)22(27)18(3)30-20-7-5-4-6-8-20/h4-8,18-19H,9-15H2,1-3H3/t18-,19+/m1/s1. The highest BCUT2D eigenvalue weighted by molar-refractivity contribution is 7.91. The number of hydrogen-bond acceptors (Lipinski definition) is 6. The molecule has 9 heteroatoms. The summed E-state index contributed by atoms with van der Waals surface area (Å²) in [4.78, 5) is 16.9. The van der Waals surface area contributed by atoms with Crippen LogP contribution in [0.2, 0.25) is 0 Å². The summed E-state index contributed by atoms with van der Waals surface area (Å²) >= 11 is 0. The van der Waals surface area contributed by atoms with E-state index in [0.717, 1.165) is 17.1 Å². The van der Waals surface area contributed by atoms with Crippen molar-refractivity contribution in [1.82, 2.24) is 14.7 Å². The van der Waals surface area contributed by atoms with Crippen LogP contribution in [0.1, 0.15) is 30.8 Å². The van der Waals surface area contributed by atoms with E-state index in [0.29, 0.717) is 38.3 Å². The minimum absolute atomic E-state index is 0.0104.